The smallest absolute Gasteiger partial charge is 0.320 e. The van der Waals surface area contributed by atoms with Crippen molar-refractivity contribution in [3.63, 3.8) is 0 Å². The molecule has 2 amide bonds. The summed E-state index contributed by atoms with van der Waals surface area (Å²) in [7, 11) is 4.01. The van der Waals surface area contributed by atoms with Gasteiger partial charge in [0.25, 0.3) is 0 Å². The van der Waals surface area contributed by atoms with Crippen molar-refractivity contribution in [1.82, 2.24) is 20.0 Å². The van der Waals surface area contributed by atoms with Crippen molar-refractivity contribution in [2.45, 2.75) is 19.4 Å². The maximum Gasteiger partial charge on any atom is 0.320 e. The molecule has 1 aliphatic heterocycles. The first-order chi connectivity index (χ1) is 9.41. The summed E-state index contributed by atoms with van der Waals surface area (Å²) in [4.78, 5) is 28.5. The summed E-state index contributed by atoms with van der Waals surface area (Å²) in [5.41, 5.74) is 0. The van der Waals surface area contributed by atoms with Gasteiger partial charge in [-0.1, -0.05) is 0 Å². The molecule has 1 atom stereocenters. The fourth-order valence-corrected chi connectivity index (χ4v) is 2.17. The van der Waals surface area contributed by atoms with Crippen LogP contribution in [0.15, 0.2) is 0 Å². The topological polar surface area (TPSA) is 76.1 Å². The molecular weight excluding hydrogens is 260 g/mol. The second-order valence-electron chi connectivity index (χ2n) is 5.43. The number of carbonyl (C=O) groups excluding carboxylic acids is 1. The molecule has 116 valence electrons. The number of amides is 2. The van der Waals surface area contributed by atoms with Gasteiger partial charge in [0.1, 0.15) is 6.04 Å². The average Bonchev–Trinajstić information content (AvgIpc) is 2.42. The molecule has 7 nitrogen and oxygen atoms in total. The standard InChI is InChI=1S/C13H26N4O3/c1-11(12(18)19)16-7-9-17(10-8-16)13(20)14-5-4-6-15(2)3/h11H,4-10H2,1-3H3,(H,14,20)(H,18,19). The highest BCUT2D eigenvalue weighted by molar-refractivity contribution is 5.74. The fraction of sp³-hybridized carbons (Fsp3) is 0.846. The number of carboxylic acids is 1. The van der Waals surface area contributed by atoms with Crippen molar-refractivity contribution in [3.8, 4) is 0 Å². The van der Waals surface area contributed by atoms with E-state index in [4.69, 9.17) is 5.11 Å². The van der Waals surface area contributed by atoms with Crippen LogP contribution in [0, 0.1) is 0 Å². The van der Waals surface area contributed by atoms with E-state index in [9.17, 15) is 9.59 Å². The van der Waals surface area contributed by atoms with E-state index >= 15 is 0 Å². The van der Waals surface area contributed by atoms with Crippen molar-refractivity contribution < 1.29 is 14.7 Å². The quantitative estimate of drug-likeness (QED) is 0.658. The van der Waals surface area contributed by atoms with Crippen molar-refractivity contribution >= 4 is 12.0 Å². The molecule has 1 heterocycles. The summed E-state index contributed by atoms with van der Waals surface area (Å²) in [6.45, 7) is 5.68. The molecule has 7 heteroatoms. The van der Waals surface area contributed by atoms with Crippen LogP contribution in [0.25, 0.3) is 0 Å². The number of piperazine rings is 1. The first-order valence-corrected chi connectivity index (χ1v) is 7.06. The largest absolute Gasteiger partial charge is 0.480 e. The molecule has 1 fully saturated rings. The molecule has 0 spiro atoms. The molecule has 0 aromatic rings. The van der Waals surface area contributed by atoms with Gasteiger partial charge in [-0.25, -0.2) is 4.79 Å². The molecule has 1 aliphatic rings. The van der Waals surface area contributed by atoms with Crippen molar-refractivity contribution in [3.05, 3.63) is 0 Å². The molecule has 1 unspecified atom stereocenters. The van der Waals surface area contributed by atoms with Crippen LogP contribution in [0.5, 0.6) is 0 Å². The number of hydrogen-bond donors (Lipinski definition) is 2. The number of urea groups is 1. The first kappa shape index (κ1) is 16.7. The van der Waals surface area contributed by atoms with E-state index in [1.54, 1.807) is 11.8 Å². The predicted molar refractivity (Wildman–Crippen MR) is 76.8 cm³/mol. The number of nitrogens with zero attached hydrogens (tertiary/aromatic N) is 3. The summed E-state index contributed by atoms with van der Waals surface area (Å²) in [6, 6.07) is -0.535. The number of carboxylic acid groups (broad SMARTS) is 1. The van der Waals surface area contributed by atoms with E-state index in [2.05, 4.69) is 10.2 Å². The van der Waals surface area contributed by atoms with Gasteiger partial charge in [0, 0.05) is 32.7 Å². The summed E-state index contributed by atoms with van der Waals surface area (Å²) in [5.74, 6) is -0.813. The number of rotatable bonds is 6. The summed E-state index contributed by atoms with van der Waals surface area (Å²) in [5, 5.41) is 11.9. The highest BCUT2D eigenvalue weighted by Gasteiger charge is 2.26. The van der Waals surface area contributed by atoms with Crippen molar-refractivity contribution in [2.75, 3.05) is 53.4 Å². The highest BCUT2D eigenvalue weighted by Crippen LogP contribution is 2.06. The monoisotopic (exact) mass is 286 g/mol. The zero-order valence-corrected chi connectivity index (χ0v) is 12.6. The van der Waals surface area contributed by atoms with Gasteiger partial charge in [0.15, 0.2) is 0 Å². The molecule has 0 bridgehead atoms. The molecular formula is C13H26N4O3. The highest BCUT2D eigenvalue weighted by atomic mass is 16.4. The van der Waals surface area contributed by atoms with Gasteiger partial charge in [-0.15, -0.1) is 0 Å². The molecule has 0 radical (unpaired) electrons. The molecule has 0 aromatic heterocycles. The maximum atomic E-state index is 11.9. The predicted octanol–water partition coefficient (Wildman–Crippen LogP) is -0.262. The molecule has 1 saturated heterocycles. The third kappa shape index (κ3) is 5.34. The second kappa shape index (κ2) is 8.06. The Bertz CT molecular complexity index is 328. The molecule has 0 aromatic carbocycles. The van der Waals surface area contributed by atoms with Crippen molar-refractivity contribution in [2.24, 2.45) is 0 Å². The number of nitrogens with one attached hydrogen (secondary N) is 1. The van der Waals surface area contributed by atoms with Gasteiger partial charge in [0.05, 0.1) is 0 Å². The molecule has 2 N–H and O–H groups in total. The van der Waals surface area contributed by atoms with E-state index in [0.717, 1.165) is 13.0 Å². The Labute approximate surface area is 120 Å². The normalized spacial score (nSPS) is 18.1. The SMILES string of the molecule is CC(C(=O)O)N1CCN(C(=O)NCCCN(C)C)CC1. The lowest BCUT2D eigenvalue weighted by atomic mass is 10.2. The number of aliphatic carboxylic acids is 1. The Hall–Kier alpha value is -1.34. The molecule has 0 aliphatic carbocycles. The number of carbonyl (C=O) groups is 2. The lowest BCUT2D eigenvalue weighted by molar-refractivity contribution is -0.143. The van der Waals surface area contributed by atoms with Gasteiger partial charge < -0.3 is 20.2 Å². The third-order valence-corrected chi connectivity index (χ3v) is 3.56. The van der Waals surface area contributed by atoms with Crippen LogP contribution in [0.3, 0.4) is 0 Å². The molecule has 1 rings (SSSR count). The minimum Gasteiger partial charge on any atom is -0.480 e. The van der Waals surface area contributed by atoms with Gasteiger partial charge in [0.2, 0.25) is 0 Å². The van der Waals surface area contributed by atoms with Crippen LogP contribution < -0.4 is 5.32 Å². The Morgan fingerprint density at radius 2 is 1.85 bits per heavy atom. The molecule has 0 saturated carbocycles. The zero-order chi connectivity index (χ0) is 15.1. The van der Waals surface area contributed by atoms with E-state index in [1.165, 1.54) is 0 Å². The summed E-state index contributed by atoms with van der Waals surface area (Å²) in [6.07, 6.45) is 0.925. The fourth-order valence-electron chi connectivity index (χ4n) is 2.17. The van der Waals surface area contributed by atoms with Gasteiger partial charge in [-0.2, -0.15) is 0 Å². The third-order valence-electron chi connectivity index (χ3n) is 3.56. The van der Waals surface area contributed by atoms with Crippen LogP contribution in [-0.2, 0) is 4.79 Å². The van der Waals surface area contributed by atoms with Crippen LogP contribution >= 0.6 is 0 Å². The lowest BCUT2D eigenvalue weighted by Crippen LogP contribution is -2.55. The second-order valence-corrected chi connectivity index (χ2v) is 5.43. The van der Waals surface area contributed by atoms with Gasteiger partial charge in [-0.3, -0.25) is 9.69 Å². The minimum atomic E-state index is -0.813. The first-order valence-electron chi connectivity index (χ1n) is 7.06. The zero-order valence-electron chi connectivity index (χ0n) is 12.6. The van der Waals surface area contributed by atoms with E-state index in [-0.39, 0.29) is 6.03 Å². The van der Waals surface area contributed by atoms with Crippen LogP contribution in [0.2, 0.25) is 0 Å². The van der Waals surface area contributed by atoms with Crippen molar-refractivity contribution in [1.29, 1.82) is 0 Å². The van der Waals surface area contributed by atoms with E-state index < -0.39 is 12.0 Å². The molecule has 20 heavy (non-hydrogen) atoms. The van der Waals surface area contributed by atoms with E-state index in [0.29, 0.717) is 32.7 Å². The Kier molecular flexibility index (Phi) is 6.74. The Morgan fingerprint density at radius 1 is 1.25 bits per heavy atom. The summed E-state index contributed by atoms with van der Waals surface area (Å²) >= 11 is 0. The Balaban J connectivity index is 2.23. The van der Waals surface area contributed by atoms with E-state index in [1.807, 2.05) is 19.0 Å². The average molecular weight is 286 g/mol. The van der Waals surface area contributed by atoms with Gasteiger partial charge in [-0.05, 0) is 34.0 Å². The maximum absolute atomic E-state index is 11.9. The van der Waals surface area contributed by atoms with Crippen LogP contribution in [-0.4, -0.2) is 91.2 Å². The van der Waals surface area contributed by atoms with Crippen LogP contribution in [0.4, 0.5) is 4.79 Å². The van der Waals surface area contributed by atoms with Gasteiger partial charge >= 0.3 is 12.0 Å². The minimum absolute atomic E-state index is 0.0496. The van der Waals surface area contributed by atoms with Crippen LogP contribution in [0.1, 0.15) is 13.3 Å². The Morgan fingerprint density at radius 3 is 2.35 bits per heavy atom. The summed E-state index contributed by atoms with van der Waals surface area (Å²) < 4.78 is 0. The lowest BCUT2D eigenvalue weighted by Gasteiger charge is -2.36. The number of hydrogen-bond acceptors (Lipinski definition) is 4.